The fourth-order valence-electron chi connectivity index (χ4n) is 2.04. The van der Waals surface area contributed by atoms with Crippen molar-refractivity contribution >= 4 is 46.2 Å². The van der Waals surface area contributed by atoms with E-state index in [1.54, 1.807) is 23.5 Å². The maximum absolute atomic E-state index is 11.9. The van der Waals surface area contributed by atoms with Crippen LogP contribution in [0.4, 0.5) is 17.3 Å². The van der Waals surface area contributed by atoms with Gasteiger partial charge in [-0.15, -0.1) is 21.5 Å². The van der Waals surface area contributed by atoms with Crippen LogP contribution in [0.3, 0.4) is 0 Å². The number of nitrogens with one attached hydrogen (secondary N) is 2. The maximum Gasteiger partial charge on any atom is 0.230 e. The molecule has 2 N–H and O–H groups in total. The molecule has 0 saturated heterocycles. The number of carbonyl (C=O) groups is 1. The van der Waals surface area contributed by atoms with Gasteiger partial charge in [-0.2, -0.15) is 0 Å². The van der Waals surface area contributed by atoms with Crippen molar-refractivity contribution in [1.29, 1.82) is 0 Å². The van der Waals surface area contributed by atoms with E-state index in [0.717, 1.165) is 16.1 Å². The third kappa shape index (κ3) is 4.31. The molecule has 0 radical (unpaired) electrons. The number of nitrogens with zero attached hydrogens (tertiary/aromatic N) is 2. The quantitative estimate of drug-likeness (QED) is 0.708. The van der Waals surface area contributed by atoms with Crippen LogP contribution < -0.4 is 10.6 Å². The maximum atomic E-state index is 11.9. The van der Waals surface area contributed by atoms with E-state index in [4.69, 9.17) is 11.6 Å². The molecular formula is C17H15ClN4OS. The predicted octanol–water partition coefficient (Wildman–Crippen LogP) is 4.42. The molecule has 0 fully saturated rings. The summed E-state index contributed by atoms with van der Waals surface area (Å²) in [7, 11) is 0. The largest absolute Gasteiger partial charge is 0.339 e. The minimum Gasteiger partial charge on any atom is -0.339 e. The van der Waals surface area contributed by atoms with Gasteiger partial charge in [0.15, 0.2) is 11.6 Å². The fourth-order valence-corrected chi connectivity index (χ4v) is 2.93. The van der Waals surface area contributed by atoms with Gasteiger partial charge in [-0.1, -0.05) is 23.7 Å². The molecule has 0 aliphatic carbocycles. The molecule has 7 heteroatoms. The van der Waals surface area contributed by atoms with Crippen LogP contribution in [0.1, 0.15) is 10.4 Å². The Morgan fingerprint density at radius 2 is 1.96 bits per heavy atom. The third-order valence-corrected chi connectivity index (χ3v) is 4.57. The Kier molecular flexibility index (Phi) is 5.08. The van der Waals surface area contributed by atoms with E-state index < -0.39 is 0 Å². The lowest BCUT2D eigenvalue weighted by Crippen LogP contribution is -2.15. The van der Waals surface area contributed by atoms with E-state index in [1.165, 1.54) is 0 Å². The number of halogens is 1. The van der Waals surface area contributed by atoms with Gasteiger partial charge in [-0.05, 0) is 48.2 Å². The van der Waals surface area contributed by atoms with Crippen molar-refractivity contribution in [1.82, 2.24) is 10.2 Å². The van der Waals surface area contributed by atoms with Crippen molar-refractivity contribution < 1.29 is 4.79 Å². The number of benzene rings is 1. The summed E-state index contributed by atoms with van der Waals surface area (Å²) in [5.74, 6) is 0.882. The molecule has 5 nitrogen and oxygen atoms in total. The first kappa shape index (κ1) is 16.4. The highest BCUT2D eigenvalue weighted by Gasteiger charge is 2.07. The Labute approximate surface area is 148 Å². The Balaban J connectivity index is 1.60. The zero-order valence-corrected chi connectivity index (χ0v) is 14.5. The number of thiophene rings is 1. The number of hydrogen-bond donors (Lipinski definition) is 2. The molecule has 122 valence electrons. The second kappa shape index (κ2) is 7.42. The first-order chi connectivity index (χ1) is 11.6. The molecule has 3 aromatic rings. The summed E-state index contributed by atoms with van der Waals surface area (Å²) in [6.45, 7) is 1.94. The second-order valence-electron chi connectivity index (χ2n) is 5.20. The first-order valence-electron chi connectivity index (χ1n) is 7.29. The van der Waals surface area contributed by atoms with Gasteiger partial charge in [-0.25, -0.2) is 0 Å². The van der Waals surface area contributed by atoms with E-state index in [-0.39, 0.29) is 5.91 Å². The van der Waals surface area contributed by atoms with Crippen LogP contribution in [0.5, 0.6) is 0 Å². The predicted molar refractivity (Wildman–Crippen MR) is 98.2 cm³/mol. The number of aryl methyl sites for hydroxylation is 1. The Morgan fingerprint density at radius 1 is 1.17 bits per heavy atom. The summed E-state index contributed by atoms with van der Waals surface area (Å²) in [5, 5.41) is 16.6. The van der Waals surface area contributed by atoms with Crippen molar-refractivity contribution in [3.05, 3.63) is 63.3 Å². The van der Waals surface area contributed by atoms with E-state index in [0.29, 0.717) is 23.1 Å². The van der Waals surface area contributed by atoms with Gasteiger partial charge in [0, 0.05) is 15.6 Å². The minimum absolute atomic E-state index is 0.113. The van der Waals surface area contributed by atoms with E-state index in [2.05, 4.69) is 20.8 Å². The molecule has 2 aromatic heterocycles. The number of hydrogen-bond acceptors (Lipinski definition) is 5. The van der Waals surface area contributed by atoms with E-state index >= 15 is 0 Å². The fraction of sp³-hybridized carbons (Fsp3) is 0.118. The molecule has 0 saturated carbocycles. The number of carbonyl (C=O) groups excluding carboxylic acids is 1. The third-order valence-electron chi connectivity index (χ3n) is 3.29. The highest BCUT2D eigenvalue weighted by molar-refractivity contribution is 7.10. The summed E-state index contributed by atoms with van der Waals surface area (Å²) in [6, 6.07) is 13.0. The van der Waals surface area contributed by atoms with Gasteiger partial charge >= 0.3 is 0 Å². The highest BCUT2D eigenvalue weighted by Crippen LogP contribution is 2.22. The Bertz CT molecular complexity index is 834. The molecule has 0 aliphatic rings. The first-order valence-corrected chi connectivity index (χ1v) is 8.55. The average molecular weight is 359 g/mol. The SMILES string of the molecule is Cc1ccc(Nc2ccc(NC(=O)Cc3cccs3)nn2)cc1Cl. The van der Waals surface area contributed by atoms with Gasteiger partial charge in [-0.3, -0.25) is 4.79 Å². The number of aromatic nitrogens is 2. The lowest BCUT2D eigenvalue weighted by atomic mass is 10.2. The van der Waals surface area contributed by atoms with Crippen LogP contribution in [0.2, 0.25) is 5.02 Å². The topological polar surface area (TPSA) is 66.9 Å². The van der Waals surface area contributed by atoms with Crippen LogP contribution in [0.15, 0.2) is 47.8 Å². The molecule has 2 heterocycles. The minimum atomic E-state index is -0.113. The van der Waals surface area contributed by atoms with Crippen molar-refractivity contribution in [3.63, 3.8) is 0 Å². The molecular weight excluding hydrogens is 344 g/mol. The summed E-state index contributed by atoms with van der Waals surface area (Å²) in [6.07, 6.45) is 0.335. The van der Waals surface area contributed by atoms with Gasteiger partial charge in [0.25, 0.3) is 0 Å². The number of anilines is 3. The molecule has 0 atom stereocenters. The van der Waals surface area contributed by atoms with Crippen LogP contribution in [-0.2, 0) is 11.2 Å². The molecule has 1 aromatic carbocycles. The van der Waals surface area contributed by atoms with E-state index in [1.807, 2.05) is 42.6 Å². The van der Waals surface area contributed by atoms with Gasteiger partial charge < -0.3 is 10.6 Å². The monoisotopic (exact) mass is 358 g/mol. The molecule has 0 unspecified atom stereocenters. The number of amides is 1. The van der Waals surface area contributed by atoms with Crippen LogP contribution in [0, 0.1) is 6.92 Å². The smallest absolute Gasteiger partial charge is 0.230 e. The Morgan fingerprint density at radius 3 is 2.62 bits per heavy atom. The zero-order chi connectivity index (χ0) is 16.9. The van der Waals surface area contributed by atoms with Crippen molar-refractivity contribution in [2.24, 2.45) is 0 Å². The van der Waals surface area contributed by atoms with Crippen LogP contribution >= 0.6 is 22.9 Å². The van der Waals surface area contributed by atoms with Crippen LogP contribution in [-0.4, -0.2) is 16.1 Å². The summed E-state index contributed by atoms with van der Waals surface area (Å²) >= 11 is 7.65. The molecule has 0 spiro atoms. The van der Waals surface area contributed by atoms with Crippen LogP contribution in [0.25, 0.3) is 0 Å². The lowest BCUT2D eigenvalue weighted by molar-refractivity contribution is -0.115. The molecule has 0 bridgehead atoms. The Hall–Kier alpha value is -2.44. The number of rotatable bonds is 5. The van der Waals surface area contributed by atoms with E-state index in [9.17, 15) is 4.79 Å². The normalized spacial score (nSPS) is 10.4. The summed E-state index contributed by atoms with van der Waals surface area (Å²) in [4.78, 5) is 12.9. The molecule has 3 rings (SSSR count). The van der Waals surface area contributed by atoms with Crippen molar-refractivity contribution in [2.45, 2.75) is 13.3 Å². The van der Waals surface area contributed by atoms with Crippen molar-refractivity contribution in [3.8, 4) is 0 Å². The average Bonchev–Trinajstić information content (AvgIpc) is 3.06. The molecule has 1 amide bonds. The molecule has 24 heavy (non-hydrogen) atoms. The van der Waals surface area contributed by atoms with Crippen molar-refractivity contribution in [2.75, 3.05) is 10.6 Å². The lowest BCUT2D eigenvalue weighted by Gasteiger charge is -2.08. The highest BCUT2D eigenvalue weighted by atomic mass is 35.5. The standard InChI is InChI=1S/C17H15ClN4OS/c1-11-4-5-12(9-14(11)18)19-15-6-7-16(22-21-15)20-17(23)10-13-3-2-8-24-13/h2-9H,10H2,1H3,(H,19,21)(H,20,22,23). The summed E-state index contributed by atoms with van der Waals surface area (Å²) in [5.41, 5.74) is 1.84. The van der Waals surface area contributed by atoms with Gasteiger partial charge in [0.1, 0.15) is 0 Å². The molecule has 0 aliphatic heterocycles. The second-order valence-corrected chi connectivity index (χ2v) is 6.64. The van der Waals surface area contributed by atoms with Gasteiger partial charge in [0.2, 0.25) is 5.91 Å². The summed E-state index contributed by atoms with van der Waals surface area (Å²) < 4.78 is 0. The van der Waals surface area contributed by atoms with Gasteiger partial charge in [0.05, 0.1) is 6.42 Å². The zero-order valence-electron chi connectivity index (χ0n) is 12.9.